The van der Waals surface area contributed by atoms with E-state index in [-0.39, 0.29) is 5.76 Å². The second-order valence-corrected chi connectivity index (χ2v) is 4.60. The second-order valence-electron chi connectivity index (χ2n) is 4.60. The first kappa shape index (κ1) is 17.8. The maximum Gasteiger partial charge on any atom is 0.373 e. The van der Waals surface area contributed by atoms with Gasteiger partial charge in [0.05, 0.1) is 13.7 Å². The van der Waals surface area contributed by atoms with Crippen molar-refractivity contribution in [3.63, 3.8) is 0 Å². The van der Waals surface area contributed by atoms with Crippen LogP contribution in [0.2, 0.25) is 0 Å². The van der Waals surface area contributed by atoms with Crippen molar-refractivity contribution in [1.82, 2.24) is 0 Å². The summed E-state index contributed by atoms with van der Waals surface area (Å²) in [5.41, 5.74) is 2.16. The molecule has 1 aromatic carbocycles. The summed E-state index contributed by atoms with van der Waals surface area (Å²) < 4.78 is 15.6. The molecule has 4 nitrogen and oxygen atoms in total. The van der Waals surface area contributed by atoms with Gasteiger partial charge in [-0.25, -0.2) is 4.79 Å². The summed E-state index contributed by atoms with van der Waals surface area (Å²) >= 11 is 0. The number of furan rings is 1. The fourth-order valence-electron chi connectivity index (χ4n) is 1.88. The van der Waals surface area contributed by atoms with Crippen molar-refractivity contribution in [3.05, 3.63) is 53.0 Å². The van der Waals surface area contributed by atoms with Crippen LogP contribution in [-0.2, 0) is 11.2 Å². The average Bonchev–Trinajstić information content (AvgIpc) is 2.92. The molecule has 0 saturated carbocycles. The van der Waals surface area contributed by atoms with E-state index in [4.69, 9.17) is 9.15 Å². The molecule has 0 fully saturated rings. The normalized spacial score (nSPS) is 9.68. The predicted molar refractivity (Wildman–Crippen MR) is 86.5 cm³/mol. The van der Waals surface area contributed by atoms with Crippen LogP contribution < -0.4 is 4.74 Å². The molecule has 0 atom stereocenters. The van der Waals surface area contributed by atoms with Crippen LogP contribution in [0.4, 0.5) is 0 Å². The van der Waals surface area contributed by atoms with E-state index in [0.717, 1.165) is 17.1 Å². The molecule has 2 aromatic rings. The third-order valence-corrected chi connectivity index (χ3v) is 3.07. The first-order chi connectivity index (χ1) is 10.6. The number of hydrogen-bond acceptors (Lipinski definition) is 4. The fraction of sp³-hybridized carbons (Fsp3) is 0.389. The summed E-state index contributed by atoms with van der Waals surface area (Å²) in [7, 11) is 1.33. The fourth-order valence-corrected chi connectivity index (χ4v) is 1.88. The van der Waals surface area contributed by atoms with Crippen molar-refractivity contribution in [2.24, 2.45) is 0 Å². The lowest BCUT2D eigenvalue weighted by molar-refractivity contribution is 0.0563. The van der Waals surface area contributed by atoms with Crippen molar-refractivity contribution in [1.29, 1.82) is 0 Å². The Bertz CT molecular complexity index is 582. The summed E-state index contributed by atoms with van der Waals surface area (Å²) in [5, 5.41) is 0. The van der Waals surface area contributed by atoms with Crippen molar-refractivity contribution in [2.45, 2.75) is 34.1 Å². The monoisotopic (exact) mass is 304 g/mol. The molecule has 0 radical (unpaired) electrons. The van der Waals surface area contributed by atoms with Gasteiger partial charge in [0.2, 0.25) is 5.76 Å². The van der Waals surface area contributed by atoms with Gasteiger partial charge in [-0.3, -0.25) is 0 Å². The number of aryl methyl sites for hydroxylation is 2. The summed E-state index contributed by atoms with van der Waals surface area (Å²) in [4.78, 5) is 11.4. The molecule has 2 rings (SSSR count). The Morgan fingerprint density at radius 2 is 1.77 bits per heavy atom. The molecule has 1 aromatic heterocycles. The maximum absolute atomic E-state index is 11.4. The number of ether oxygens (including phenoxy) is 2. The maximum atomic E-state index is 11.4. The van der Waals surface area contributed by atoms with E-state index < -0.39 is 5.97 Å². The summed E-state index contributed by atoms with van der Waals surface area (Å²) in [6.07, 6.45) is 0.681. The predicted octanol–water partition coefficient (Wildman–Crippen LogP) is 4.33. The van der Waals surface area contributed by atoms with Crippen LogP contribution in [0.1, 0.15) is 41.3 Å². The summed E-state index contributed by atoms with van der Waals surface area (Å²) in [6.45, 7) is 8.39. The highest BCUT2D eigenvalue weighted by Gasteiger charge is 2.14. The molecule has 0 amide bonds. The van der Waals surface area contributed by atoms with Crippen LogP contribution in [0.15, 0.2) is 34.7 Å². The molecule has 120 valence electrons. The van der Waals surface area contributed by atoms with Crippen LogP contribution in [0.3, 0.4) is 0 Å². The van der Waals surface area contributed by atoms with Crippen LogP contribution >= 0.6 is 0 Å². The van der Waals surface area contributed by atoms with Crippen LogP contribution in [0, 0.1) is 13.8 Å². The zero-order valence-corrected chi connectivity index (χ0v) is 13.9. The zero-order chi connectivity index (χ0) is 16.5. The summed E-state index contributed by atoms with van der Waals surface area (Å²) in [5.74, 6) is 1.33. The van der Waals surface area contributed by atoms with Crippen LogP contribution in [0.25, 0.3) is 0 Å². The van der Waals surface area contributed by atoms with Gasteiger partial charge in [0.15, 0.2) is 0 Å². The molecular weight excluding hydrogens is 280 g/mol. The molecular formula is C18H24O4. The van der Waals surface area contributed by atoms with E-state index in [1.165, 1.54) is 12.7 Å². The Hall–Kier alpha value is -2.23. The number of benzene rings is 1. The summed E-state index contributed by atoms with van der Waals surface area (Å²) in [6, 6.07) is 9.61. The van der Waals surface area contributed by atoms with Gasteiger partial charge in [-0.15, -0.1) is 0 Å². The van der Waals surface area contributed by atoms with Gasteiger partial charge in [-0.2, -0.15) is 0 Å². The number of esters is 1. The molecule has 4 heteroatoms. The third-order valence-electron chi connectivity index (χ3n) is 3.07. The van der Waals surface area contributed by atoms with Crippen molar-refractivity contribution >= 4 is 5.97 Å². The first-order valence-corrected chi connectivity index (χ1v) is 7.47. The number of methoxy groups -OCH3 is 1. The molecule has 0 aliphatic heterocycles. The topological polar surface area (TPSA) is 48.7 Å². The van der Waals surface area contributed by atoms with Gasteiger partial charge in [-0.05, 0) is 37.6 Å². The van der Waals surface area contributed by atoms with E-state index in [9.17, 15) is 4.79 Å². The number of carbonyl (C=O) groups excluding carboxylic acids is 1. The highest BCUT2D eigenvalue weighted by molar-refractivity contribution is 5.86. The number of rotatable bonds is 5. The van der Waals surface area contributed by atoms with Crippen LogP contribution in [-0.4, -0.2) is 19.7 Å². The minimum Gasteiger partial charge on any atom is -0.493 e. The van der Waals surface area contributed by atoms with E-state index >= 15 is 0 Å². The van der Waals surface area contributed by atoms with E-state index in [2.05, 4.69) is 4.74 Å². The van der Waals surface area contributed by atoms with E-state index in [0.29, 0.717) is 13.0 Å². The van der Waals surface area contributed by atoms with E-state index in [1.54, 1.807) is 6.07 Å². The van der Waals surface area contributed by atoms with E-state index in [1.807, 2.05) is 52.0 Å². The third kappa shape index (κ3) is 4.95. The molecule has 0 N–H and O–H groups in total. The molecule has 22 heavy (non-hydrogen) atoms. The number of hydrogen-bond donors (Lipinski definition) is 0. The standard InChI is InChI=1S/C16H18O4.C2H6/c1-11-4-6-14(7-5-11)19-9-8-13-10-15(16(17)18-3)20-12(13)2;1-2/h4-7,10H,8-9H2,1-3H3;1-2H3. The molecule has 1 heterocycles. The smallest absolute Gasteiger partial charge is 0.373 e. The molecule has 0 aliphatic carbocycles. The highest BCUT2D eigenvalue weighted by atomic mass is 16.5. The zero-order valence-electron chi connectivity index (χ0n) is 13.9. The molecule has 0 bridgehead atoms. The van der Waals surface area contributed by atoms with Gasteiger partial charge in [0.1, 0.15) is 11.5 Å². The quantitative estimate of drug-likeness (QED) is 0.771. The highest BCUT2D eigenvalue weighted by Crippen LogP contribution is 2.17. The Balaban J connectivity index is 0.00000116. The molecule has 0 unspecified atom stereocenters. The van der Waals surface area contributed by atoms with Crippen LogP contribution in [0.5, 0.6) is 5.75 Å². The first-order valence-electron chi connectivity index (χ1n) is 7.47. The van der Waals surface area contributed by atoms with Crippen molar-refractivity contribution in [2.75, 3.05) is 13.7 Å². The van der Waals surface area contributed by atoms with Gasteiger partial charge >= 0.3 is 5.97 Å². The molecule has 0 aliphatic rings. The van der Waals surface area contributed by atoms with Crippen molar-refractivity contribution in [3.8, 4) is 5.75 Å². The lowest BCUT2D eigenvalue weighted by Crippen LogP contribution is -2.02. The minimum absolute atomic E-state index is 0.232. The van der Waals surface area contributed by atoms with Crippen molar-refractivity contribution < 1.29 is 18.7 Å². The lowest BCUT2D eigenvalue weighted by Gasteiger charge is -2.05. The Kier molecular flexibility index (Phi) is 7.23. The Morgan fingerprint density at radius 3 is 2.36 bits per heavy atom. The Morgan fingerprint density at radius 1 is 1.14 bits per heavy atom. The second kappa shape index (κ2) is 8.93. The Labute approximate surface area is 132 Å². The van der Waals surface area contributed by atoms with Gasteiger partial charge < -0.3 is 13.9 Å². The minimum atomic E-state index is -0.459. The van der Waals surface area contributed by atoms with Gasteiger partial charge in [0, 0.05) is 6.42 Å². The van der Waals surface area contributed by atoms with Gasteiger partial charge in [0.25, 0.3) is 0 Å². The molecule has 0 saturated heterocycles. The average molecular weight is 304 g/mol. The molecule has 0 spiro atoms. The SMILES string of the molecule is CC.COC(=O)c1cc(CCOc2ccc(C)cc2)c(C)o1. The van der Waals surface area contributed by atoms with Gasteiger partial charge in [-0.1, -0.05) is 31.5 Å². The number of carbonyl (C=O) groups is 1. The largest absolute Gasteiger partial charge is 0.493 e. The lowest BCUT2D eigenvalue weighted by atomic mass is 10.2.